The maximum Gasteiger partial charge on any atom is 0.0564 e. The summed E-state index contributed by atoms with van der Waals surface area (Å²) in [6, 6.07) is 15.5. The number of pyridine rings is 2. The van der Waals surface area contributed by atoms with Gasteiger partial charge < -0.3 is 9.97 Å². The molecule has 126 valence electrons. The van der Waals surface area contributed by atoms with Crippen molar-refractivity contribution in [3.8, 4) is 0 Å². The largest absolute Gasteiger partial charge is 0.354 e. The maximum atomic E-state index is 6.14. The van der Waals surface area contributed by atoms with Gasteiger partial charge in [-0.25, -0.2) is 0 Å². The maximum absolute atomic E-state index is 6.14. The van der Waals surface area contributed by atoms with E-state index in [0.717, 1.165) is 52.6 Å². The molecule has 0 amide bonds. The molecule has 0 fully saturated rings. The van der Waals surface area contributed by atoms with Crippen LogP contribution in [0.25, 0.3) is 43.6 Å². The van der Waals surface area contributed by atoms with E-state index < -0.39 is 0 Å². The van der Waals surface area contributed by atoms with Crippen LogP contribution in [-0.4, -0.2) is 9.97 Å². The van der Waals surface area contributed by atoms with Gasteiger partial charge in [-0.15, -0.1) is 0 Å². The molecule has 2 nitrogen and oxygen atoms in total. The Morgan fingerprint density at radius 1 is 0.538 bits per heavy atom. The second kappa shape index (κ2) is 5.76. The van der Waals surface area contributed by atoms with Crippen molar-refractivity contribution in [1.29, 1.82) is 0 Å². The van der Waals surface area contributed by atoms with Gasteiger partial charge in [-0.2, -0.15) is 0 Å². The molecule has 0 saturated heterocycles. The van der Waals surface area contributed by atoms with Crippen molar-refractivity contribution in [2.24, 2.45) is 0 Å². The summed E-state index contributed by atoms with van der Waals surface area (Å²) in [4.78, 5) is 6.89. The molecule has 5 rings (SSSR count). The number of halogens is 2. The molecule has 26 heavy (non-hydrogen) atoms. The smallest absolute Gasteiger partial charge is 0.0564 e. The number of nitrogens with one attached hydrogen (secondary N) is 2. The lowest BCUT2D eigenvalue weighted by Gasteiger charge is -2.09. The molecule has 2 N–H and O–H groups in total. The Balaban J connectivity index is 2.00. The summed E-state index contributed by atoms with van der Waals surface area (Å²) in [5.74, 6) is 0. The first kappa shape index (κ1) is 16.2. The van der Waals surface area contributed by atoms with Gasteiger partial charge in [-0.3, -0.25) is 0 Å². The molecule has 2 heterocycles. The molecule has 0 aliphatic heterocycles. The summed E-state index contributed by atoms with van der Waals surface area (Å²) in [5.41, 5.74) is 3.78. The molecule has 0 unspecified atom stereocenters. The number of rotatable bonds is 0. The Kier molecular flexibility index (Phi) is 3.59. The van der Waals surface area contributed by atoms with Crippen molar-refractivity contribution in [3.05, 3.63) is 67.6 Å². The van der Waals surface area contributed by atoms with E-state index in [1.54, 1.807) is 0 Å². The minimum atomic E-state index is 0.666. The summed E-state index contributed by atoms with van der Waals surface area (Å²) in [6.07, 6.45) is 0. The number of aromatic amines is 2. The van der Waals surface area contributed by atoms with E-state index in [0.29, 0.717) is 10.0 Å². The molecule has 0 atom stereocenters. The van der Waals surface area contributed by atoms with E-state index in [2.05, 4.69) is 9.97 Å². The summed E-state index contributed by atoms with van der Waals surface area (Å²) >= 11 is 23.7. The van der Waals surface area contributed by atoms with Gasteiger partial charge in [-0.1, -0.05) is 47.6 Å². The SMILES string of the molecule is S=c1c2cc(Cl)ccc2[nH]c2cc3c(=S)c4cc(Cl)ccc4[nH]c3cc12. The van der Waals surface area contributed by atoms with Gasteiger partial charge in [0.15, 0.2) is 0 Å². The molecule has 5 aromatic rings. The highest BCUT2D eigenvalue weighted by Gasteiger charge is 2.09. The van der Waals surface area contributed by atoms with E-state index in [-0.39, 0.29) is 0 Å². The number of H-pyrrole nitrogens is 2. The van der Waals surface area contributed by atoms with Crippen LogP contribution in [0.3, 0.4) is 0 Å². The summed E-state index contributed by atoms with van der Waals surface area (Å²) in [6.45, 7) is 0. The first-order chi connectivity index (χ1) is 12.5. The monoisotopic (exact) mass is 412 g/mol. The molecule has 0 saturated carbocycles. The molecule has 0 aliphatic carbocycles. The Labute approximate surface area is 168 Å². The highest BCUT2D eigenvalue weighted by Crippen LogP contribution is 2.31. The van der Waals surface area contributed by atoms with E-state index in [9.17, 15) is 0 Å². The molecule has 0 spiro atoms. The van der Waals surface area contributed by atoms with Gasteiger partial charge in [0.25, 0.3) is 0 Å². The van der Waals surface area contributed by atoms with Crippen molar-refractivity contribution in [1.82, 2.24) is 9.97 Å². The third-order valence-corrected chi connectivity index (χ3v) is 5.99. The lowest BCUT2D eigenvalue weighted by Crippen LogP contribution is -1.89. The van der Waals surface area contributed by atoms with E-state index >= 15 is 0 Å². The van der Waals surface area contributed by atoms with Crippen LogP contribution >= 0.6 is 47.6 Å². The topological polar surface area (TPSA) is 31.6 Å². The van der Waals surface area contributed by atoms with Gasteiger partial charge in [0.05, 0.1) is 9.02 Å². The quantitative estimate of drug-likeness (QED) is 0.201. The first-order valence-electron chi connectivity index (χ1n) is 7.92. The minimum Gasteiger partial charge on any atom is -0.354 e. The van der Waals surface area contributed by atoms with Crippen LogP contribution in [0.2, 0.25) is 10.0 Å². The van der Waals surface area contributed by atoms with E-state index in [4.69, 9.17) is 47.6 Å². The van der Waals surface area contributed by atoms with Gasteiger partial charge in [0.1, 0.15) is 0 Å². The second-order valence-corrected chi connectivity index (χ2v) is 7.92. The molecular formula is C20H10Cl2N2S2. The van der Waals surface area contributed by atoms with Crippen molar-refractivity contribution in [2.75, 3.05) is 0 Å². The van der Waals surface area contributed by atoms with Crippen LogP contribution in [-0.2, 0) is 0 Å². The molecular weight excluding hydrogens is 403 g/mol. The average Bonchev–Trinajstić information content (AvgIpc) is 2.63. The van der Waals surface area contributed by atoms with Crippen LogP contribution in [0.4, 0.5) is 0 Å². The summed E-state index contributed by atoms with van der Waals surface area (Å²) in [5, 5.41) is 5.12. The van der Waals surface area contributed by atoms with Crippen LogP contribution in [0.1, 0.15) is 0 Å². The normalized spacial score (nSPS) is 11.8. The fourth-order valence-corrected chi connectivity index (χ4v) is 4.41. The molecule has 6 heteroatoms. The summed E-state index contributed by atoms with van der Waals surface area (Å²) < 4.78 is 1.54. The zero-order valence-corrected chi connectivity index (χ0v) is 16.3. The predicted molar refractivity (Wildman–Crippen MR) is 117 cm³/mol. The highest BCUT2D eigenvalue weighted by molar-refractivity contribution is 7.72. The van der Waals surface area contributed by atoms with Gasteiger partial charge in [-0.05, 0) is 48.5 Å². The lowest BCUT2D eigenvalue weighted by atomic mass is 10.1. The Bertz CT molecular complexity index is 1380. The third kappa shape index (κ3) is 2.37. The van der Waals surface area contributed by atoms with Crippen LogP contribution in [0.5, 0.6) is 0 Å². The molecule has 0 radical (unpaired) electrons. The Morgan fingerprint density at radius 2 is 0.923 bits per heavy atom. The van der Waals surface area contributed by atoms with Crippen molar-refractivity contribution >= 4 is 91.2 Å². The van der Waals surface area contributed by atoms with Gasteiger partial charge in [0, 0.05) is 53.7 Å². The van der Waals surface area contributed by atoms with Crippen molar-refractivity contribution in [3.63, 3.8) is 0 Å². The van der Waals surface area contributed by atoms with Gasteiger partial charge in [0.2, 0.25) is 0 Å². The Morgan fingerprint density at radius 3 is 1.35 bits per heavy atom. The number of fused-ring (bicyclic) bond motifs is 4. The second-order valence-electron chi connectivity index (χ2n) is 6.23. The lowest BCUT2D eigenvalue weighted by molar-refractivity contribution is 1.47. The van der Waals surface area contributed by atoms with E-state index in [1.165, 1.54) is 0 Å². The van der Waals surface area contributed by atoms with Gasteiger partial charge >= 0.3 is 0 Å². The highest BCUT2D eigenvalue weighted by atomic mass is 35.5. The van der Waals surface area contributed by atoms with Crippen LogP contribution in [0.15, 0.2) is 48.5 Å². The zero-order valence-electron chi connectivity index (χ0n) is 13.2. The standard InChI is InChI=1S/C20H10Cl2N2S2/c21-9-1-3-15-11(5-9)19(25)13-8-18-14(7-17(13)23-15)20(26)12-6-10(22)2-4-16(12)24-18/h1-8H,(H,23,25)(H,24,26). The predicted octanol–water partition coefficient (Wildman–Crippen LogP) is 7.72. The van der Waals surface area contributed by atoms with E-state index in [1.807, 2.05) is 48.5 Å². The molecule has 3 aromatic carbocycles. The number of hydrogen-bond acceptors (Lipinski definition) is 2. The number of benzene rings is 3. The number of hydrogen-bond donors (Lipinski definition) is 2. The Hall–Kier alpha value is -1.98. The number of aromatic nitrogens is 2. The molecule has 0 aliphatic rings. The molecule has 0 bridgehead atoms. The average molecular weight is 413 g/mol. The summed E-state index contributed by atoms with van der Waals surface area (Å²) in [7, 11) is 0. The zero-order chi connectivity index (χ0) is 18.0. The van der Waals surface area contributed by atoms with Crippen molar-refractivity contribution < 1.29 is 0 Å². The fourth-order valence-electron chi connectivity index (χ4n) is 3.39. The van der Waals surface area contributed by atoms with Crippen LogP contribution in [0, 0.1) is 9.02 Å². The fraction of sp³-hybridized carbons (Fsp3) is 0. The third-order valence-electron chi connectivity index (χ3n) is 4.64. The van der Waals surface area contributed by atoms with Crippen molar-refractivity contribution in [2.45, 2.75) is 0 Å². The van der Waals surface area contributed by atoms with Crippen LogP contribution < -0.4 is 0 Å². The first-order valence-corrected chi connectivity index (χ1v) is 9.49. The minimum absolute atomic E-state index is 0.666. The molecule has 2 aromatic heterocycles.